The van der Waals surface area contributed by atoms with E-state index in [1.165, 1.54) is 12.1 Å². The van der Waals surface area contributed by atoms with E-state index >= 15 is 0 Å². The van der Waals surface area contributed by atoms with Gasteiger partial charge in [0, 0.05) is 19.1 Å². The average Bonchev–Trinajstić information content (AvgIpc) is 2.57. The maximum Gasteiger partial charge on any atom is 0.338 e. The van der Waals surface area contributed by atoms with Crippen LogP contribution < -0.4 is 9.47 Å². The molecule has 0 heterocycles. The monoisotopic (exact) mass is 339 g/mol. The molecule has 0 fully saturated rings. The van der Waals surface area contributed by atoms with E-state index in [1.807, 2.05) is 0 Å². The fourth-order valence-corrected chi connectivity index (χ4v) is 1.75. The fourth-order valence-electron chi connectivity index (χ4n) is 1.75. The van der Waals surface area contributed by atoms with Crippen molar-refractivity contribution in [1.29, 1.82) is 0 Å². The number of hydrogen-bond acceptors (Lipinski definition) is 7. The van der Waals surface area contributed by atoms with Crippen LogP contribution in [0.2, 0.25) is 0 Å². The van der Waals surface area contributed by atoms with Crippen LogP contribution in [0.1, 0.15) is 17.3 Å². The van der Waals surface area contributed by atoms with Crippen LogP contribution in [0, 0.1) is 0 Å². The molecule has 132 valence electrons. The Balaban J connectivity index is 3.19. The molecule has 1 rings (SSSR count). The number of carbonyl (C=O) groups excluding carboxylic acids is 1. The first-order valence-electron chi connectivity index (χ1n) is 7.31. The van der Waals surface area contributed by atoms with Crippen molar-refractivity contribution in [3.8, 4) is 11.5 Å². The van der Waals surface area contributed by atoms with E-state index < -0.39 is 5.97 Å². The van der Waals surface area contributed by atoms with Crippen LogP contribution in [0.15, 0.2) is 17.2 Å². The molecular formula is C15H21N3O6. The molecule has 0 aromatic heterocycles. The number of rotatable bonds is 11. The van der Waals surface area contributed by atoms with E-state index in [0.29, 0.717) is 24.7 Å². The van der Waals surface area contributed by atoms with Crippen molar-refractivity contribution in [2.75, 3.05) is 47.3 Å². The quantitative estimate of drug-likeness (QED) is 0.201. The van der Waals surface area contributed by atoms with Gasteiger partial charge >= 0.3 is 5.97 Å². The van der Waals surface area contributed by atoms with Gasteiger partial charge in [-0.3, -0.25) is 0 Å². The molecule has 0 aliphatic carbocycles. The zero-order valence-corrected chi connectivity index (χ0v) is 14.0. The van der Waals surface area contributed by atoms with Gasteiger partial charge in [0.05, 0.1) is 31.1 Å². The third kappa shape index (κ3) is 5.96. The minimum absolute atomic E-state index is 0.0983. The van der Waals surface area contributed by atoms with E-state index in [2.05, 4.69) is 10.0 Å². The smallest absolute Gasteiger partial charge is 0.338 e. The maximum atomic E-state index is 12.0. The van der Waals surface area contributed by atoms with Crippen LogP contribution >= 0.6 is 0 Å². The normalized spacial score (nSPS) is 9.96. The van der Waals surface area contributed by atoms with Crippen molar-refractivity contribution in [2.24, 2.45) is 5.11 Å². The standard InChI is InChI=1S/C15H21N3O6/c1-4-22-15(19)11-9-13(23-7-5-20-2)14(24-8-6-21-3)10-12(11)17-18-16/h9-10H,4-8H2,1-3H3. The number of azide groups is 1. The zero-order valence-electron chi connectivity index (χ0n) is 14.0. The second kappa shape index (κ2) is 11.1. The Morgan fingerprint density at radius 2 is 1.67 bits per heavy atom. The summed E-state index contributed by atoms with van der Waals surface area (Å²) < 4.78 is 26.0. The number of esters is 1. The van der Waals surface area contributed by atoms with Gasteiger partial charge in [0.1, 0.15) is 13.2 Å². The van der Waals surface area contributed by atoms with Crippen LogP contribution in [-0.4, -0.2) is 53.2 Å². The highest BCUT2D eigenvalue weighted by Crippen LogP contribution is 2.36. The molecule has 0 saturated carbocycles. The van der Waals surface area contributed by atoms with Crippen molar-refractivity contribution >= 4 is 11.7 Å². The van der Waals surface area contributed by atoms with Crippen LogP contribution in [0.5, 0.6) is 11.5 Å². The molecule has 9 nitrogen and oxygen atoms in total. The number of carbonyl (C=O) groups is 1. The van der Waals surface area contributed by atoms with Gasteiger partial charge in [-0.2, -0.15) is 0 Å². The number of hydrogen-bond donors (Lipinski definition) is 0. The lowest BCUT2D eigenvalue weighted by molar-refractivity contribution is 0.0526. The van der Waals surface area contributed by atoms with Crippen LogP contribution in [0.4, 0.5) is 5.69 Å². The SMILES string of the molecule is CCOC(=O)c1cc(OCCOC)c(OCCOC)cc1N=[N+]=[N-]. The van der Waals surface area contributed by atoms with Crippen LogP contribution in [0.3, 0.4) is 0 Å². The summed E-state index contributed by atoms with van der Waals surface area (Å²) >= 11 is 0. The van der Waals surface area contributed by atoms with Crippen molar-refractivity contribution in [2.45, 2.75) is 6.92 Å². The van der Waals surface area contributed by atoms with Gasteiger partial charge in [-0.05, 0) is 24.6 Å². The third-order valence-electron chi connectivity index (χ3n) is 2.80. The molecule has 0 aliphatic heterocycles. The molecule has 0 bridgehead atoms. The summed E-state index contributed by atoms with van der Waals surface area (Å²) in [4.78, 5) is 14.8. The predicted molar refractivity (Wildman–Crippen MR) is 85.9 cm³/mol. The lowest BCUT2D eigenvalue weighted by atomic mass is 10.1. The number of benzene rings is 1. The molecule has 0 saturated heterocycles. The van der Waals surface area contributed by atoms with E-state index in [4.69, 9.17) is 29.2 Å². The van der Waals surface area contributed by atoms with Crippen molar-refractivity contribution in [1.82, 2.24) is 0 Å². The minimum Gasteiger partial charge on any atom is -0.487 e. The Bertz CT molecular complexity index is 587. The summed E-state index contributed by atoms with van der Waals surface area (Å²) in [6.45, 7) is 3.15. The number of nitrogens with zero attached hydrogens (tertiary/aromatic N) is 3. The Hall–Kier alpha value is -2.48. The second-order valence-electron chi connectivity index (χ2n) is 4.41. The molecule has 0 atom stereocenters. The highest BCUT2D eigenvalue weighted by molar-refractivity contribution is 5.96. The topological polar surface area (TPSA) is 112 Å². The van der Waals surface area contributed by atoms with Gasteiger partial charge in [-0.1, -0.05) is 5.11 Å². The first kappa shape index (κ1) is 19.6. The summed E-state index contributed by atoms with van der Waals surface area (Å²) in [6, 6.07) is 2.86. The Labute approximate surface area is 140 Å². The van der Waals surface area contributed by atoms with Gasteiger partial charge in [-0.25, -0.2) is 4.79 Å². The molecule has 1 aromatic carbocycles. The lowest BCUT2D eigenvalue weighted by Gasteiger charge is -2.15. The fraction of sp³-hybridized carbons (Fsp3) is 0.533. The van der Waals surface area contributed by atoms with E-state index in [1.54, 1.807) is 21.1 Å². The molecule has 9 heteroatoms. The van der Waals surface area contributed by atoms with E-state index in [0.717, 1.165) is 0 Å². The van der Waals surface area contributed by atoms with Gasteiger partial charge in [0.15, 0.2) is 11.5 Å². The molecular weight excluding hydrogens is 318 g/mol. The van der Waals surface area contributed by atoms with Gasteiger partial charge < -0.3 is 23.7 Å². The third-order valence-corrected chi connectivity index (χ3v) is 2.80. The predicted octanol–water partition coefficient (Wildman–Crippen LogP) is 2.86. The largest absolute Gasteiger partial charge is 0.487 e. The van der Waals surface area contributed by atoms with Crippen molar-refractivity contribution < 1.29 is 28.5 Å². The summed E-state index contributed by atoms with van der Waals surface area (Å²) in [5.41, 5.74) is 8.90. The molecule has 24 heavy (non-hydrogen) atoms. The lowest BCUT2D eigenvalue weighted by Crippen LogP contribution is -2.10. The first-order chi connectivity index (χ1) is 11.7. The Morgan fingerprint density at radius 3 is 2.17 bits per heavy atom. The summed E-state index contributed by atoms with van der Waals surface area (Å²) in [5.74, 6) is 0.0432. The molecule has 0 radical (unpaired) electrons. The van der Waals surface area contributed by atoms with Crippen LogP contribution in [-0.2, 0) is 14.2 Å². The highest BCUT2D eigenvalue weighted by Gasteiger charge is 2.18. The Morgan fingerprint density at radius 1 is 1.08 bits per heavy atom. The first-order valence-corrected chi connectivity index (χ1v) is 7.31. The molecule has 0 amide bonds. The number of ether oxygens (including phenoxy) is 5. The van der Waals surface area contributed by atoms with Gasteiger partial charge in [-0.15, -0.1) is 0 Å². The summed E-state index contributed by atoms with van der Waals surface area (Å²) in [6.07, 6.45) is 0. The molecule has 0 N–H and O–H groups in total. The molecule has 0 unspecified atom stereocenters. The zero-order chi connectivity index (χ0) is 17.8. The Kier molecular flexibility index (Phi) is 9.06. The van der Waals surface area contributed by atoms with E-state index in [-0.39, 0.29) is 31.1 Å². The minimum atomic E-state index is -0.611. The van der Waals surface area contributed by atoms with Crippen LogP contribution in [0.25, 0.3) is 10.4 Å². The molecule has 0 aliphatic rings. The van der Waals surface area contributed by atoms with Crippen molar-refractivity contribution in [3.05, 3.63) is 28.1 Å². The summed E-state index contributed by atoms with van der Waals surface area (Å²) in [7, 11) is 3.10. The number of methoxy groups -OCH3 is 2. The van der Waals surface area contributed by atoms with Gasteiger partial charge in [0.2, 0.25) is 0 Å². The molecule has 1 aromatic rings. The molecule has 0 spiro atoms. The second-order valence-corrected chi connectivity index (χ2v) is 4.41. The van der Waals surface area contributed by atoms with E-state index in [9.17, 15) is 4.79 Å². The highest BCUT2D eigenvalue weighted by atomic mass is 16.6. The average molecular weight is 339 g/mol. The van der Waals surface area contributed by atoms with Crippen molar-refractivity contribution in [3.63, 3.8) is 0 Å². The maximum absolute atomic E-state index is 12.0. The summed E-state index contributed by atoms with van der Waals surface area (Å²) in [5, 5.41) is 3.52. The van der Waals surface area contributed by atoms with Gasteiger partial charge in [0.25, 0.3) is 0 Å².